The van der Waals surface area contributed by atoms with Gasteiger partial charge in [0.15, 0.2) is 0 Å². The first-order valence-corrected chi connectivity index (χ1v) is 12.7. The summed E-state index contributed by atoms with van der Waals surface area (Å²) in [6.07, 6.45) is 6.36. The van der Waals surface area contributed by atoms with Crippen LogP contribution in [0.1, 0.15) is 65.7 Å². The number of carbonyl (C=O) groups is 5. The van der Waals surface area contributed by atoms with E-state index in [2.05, 4.69) is 15.1 Å². The Morgan fingerprint density at radius 3 is 2.23 bits per heavy atom. The van der Waals surface area contributed by atoms with E-state index in [9.17, 15) is 24.0 Å². The van der Waals surface area contributed by atoms with Crippen molar-refractivity contribution in [3.63, 3.8) is 0 Å². The van der Waals surface area contributed by atoms with E-state index in [1.165, 1.54) is 0 Å². The Morgan fingerprint density at radius 1 is 0.857 bits per heavy atom. The second-order valence-corrected chi connectivity index (χ2v) is 10.3. The standard InChI is InChI=1S/C26H32N4O5/c31-14-9-17-5-10-28(11-6-17)16-18-7-12-29(13-8-18)19-1-2-20-21(15-19)26(35)30(25(20)34)22-3-4-23(32)27-24(22)33/h1-2,14-15,17-18,22H,3-13,16H2,(H,27,32,33). The molecular weight excluding hydrogens is 448 g/mol. The zero-order valence-corrected chi connectivity index (χ0v) is 19.9. The summed E-state index contributed by atoms with van der Waals surface area (Å²) in [6.45, 7) is 5.03. The van der Waals surface area contributed by atoms with E-state index in [4.69, 9.17) is 0 Å². The van der Waals surface area contributed by atoms with Crippen LogP contribution in [0.15, 0.2) is 18.2 Å². The van der Waals surface area contributed by atoms with Crippen molar-refractivity contribution in [3.05, 3.63) is 29.3 Å². The number of hydrogen-bond acceptors (Lipinski definition) is 7. The van der Waals surface area contributed by atoms with Gasteiger partial charge < -0.3 is 14.6 Å². The molecule has 1 aromatic carbocycles. The number of hydrogen-bond donors (Lipinski definition) is 1. The van der Waals surface area contributed by atoms with Crippen molar-refractivity contribution in [2.24, 2.45) is 11.8 Å². The van der Waals surface area contributed by atoms with Crippen molar-refractivity contribution < 1.29 is 24.0 Å². The lowest BCUT2D eigenvalue weighted by molar-refractivity contribution is -0.136. The van der Waals surface area contributed by atoms with Gasteiger partial charge in [-0.2, -0.15) is 0 Å². The van der Waals surface area contributed by atoms with E-state index in [0.29, 0.717) is 29.4 Å². The summed E-state index contributed by atoms with van der Waals surface area (Å²) in [5, 5.41) is 2.23. The predicted molar refractivity (Wildman–Crippen MR) is 128 cm³/mol. The Balaban J connectivity index is 1.18. The van der Waals surface area contributed by atoms with Crippen LogP contribution in [0.25, 0.3) is 0 Å². The molecule has 1 N–H and O–H groups in total. The van der Waals surface area contributed by atoms with Gasteiger partial charge in [-0.15, -0.1) is 0 Å². The molecule has 1 atom stereocenters. The molecule has 4 heterocycles. The molecule has 0 radical (unpaired) electrons. The second kappa shape index (κ2) is 9.89. The fourth-order valence-corrected chi connectivity index (χ4v) is 5.94. The summed E-state index contributed by atoms with van der Waals surface area (Å²) in [6, 6.07) is 4.41. The van der Waals surface area contributed by atoms with Gasteiger partial charge in [0.05, 0.1) is 11.1 Å². The third kappa shape index (κ3) is 4.74. The molecule has 1 unspecified atom stereocenters. The number of nitrogens with zero attached hydrogens (tertiary/aromatic N) is 3. The number of likely N-dealkylation sites (tertiary alicyclic amines) is 1. The number of fused-ring (bicyclic) bond motifs is 1. The fraction of sp³-hybridized carbons (Fsp3) is 0.577. The summed E-state index contributed by atoms with van der Waals surface area (Å²) >= 11 is 0. The second-order valence-electron chi connectivity index (χ2n) is 10.3. The van der Waals surface area contributed by atoms with Gasteiger partial charge >= 0.3 is 0 Å². The lowest BCUT2D eigenvalue weighted by atomic mass is 9.91. The highest BCUT2D eigenvalue weighted by Gasteiger charge is 2.44. The Kier molecular flexibility index (Phi) is 6.69. The quantitative estimate of drug-likeness (QED) is 0.487. The van der Waals surface area contributed by atoms with Crippen molar-refractivity contribution >= 4 is 35.6 Å². The van der Waals surface area contributed by atoms with Crippen LogP contribution in [-0.2, 0) is 14.4 Å². The molecule has 3 fully saturated rings. The molecule has 9 heteroatoms. The highest BCUT2D eigenvalue weighted by molar-refractivity contribution is 6.23. The van der Waals surface area contributed by atoms with Gasteiger partial charge in [-0.25, -0.2) is 0 Å². The minimum Gasteiger partial charge on any atom is -0.371 e. The maximum absolute atomic E-state index is 13.1. The Hall–Kier alpha value is -3.07. The predicted octanol–water partition coefficient (Wildman–Crippen LogP) is 1.61. The third-order valence-corrected chi connectivity index (χ3v) is 8.06. The average molecular weight is 481 g/mol. The van der Waals surface area contributed by atoms with E-state index in [-0.39, 0.29) is 18.7 Å². The Labute approximate surface area is 204 Å². The van der Waals surface area contributed by atoms with E-state index in [0.717, 1.165) is 75.3 Å². The molecule has 4 aliphatic heterocycles. The normalized spacial score (nSPS) is 24.6. The van der Waals surface area contributed by atoms with E-state index in [1.807, 2.05) is 6.07 Å². The first-order valence-electron chi connectivity index (χ1n) is 12.7. The van der Waals surface area contributed by atoms with Gasteiger partial charge in [0.25, 0.3) is 11.8 Å². The topological polar surface area (TPSA) is 107 Å². The molecule has 0 bridgehead atoms. The molecule has 0 aromatic heterocycles. The maximum Gasteiger partial charge on any atom is 0.262 e. The van der Waals surface area contributed by atoms with Crippen molar-refractivity contribution in [2.75, 3.05) is 37.6 Å². The summed E-state index contributed by atoms with van der Waals surface area (Å²) in [5.41, 5.74) is 1.57. The van der Waals surface area contributed by atoms with Crippen LogP contribution in [0.5, 0.6) is 0 Å². The molecule has 0 spiro atoms. The number of anilines is 1. The monoisotopic (exact) mass is 480 g/mol. The highest BCUT2D eigenvalue weighted by Crippen LogP contribution is 2.32. The van der Waals surface area contributed by atoms with Crippen LogP contribution >= 0.6 is 0 Å². The molecule has 5 rings (SSSR count). The van der Waals surface area contributed by atoms with Crippen LogP contribution < -0.4 is 10.2 Å². The fourth-order valence-electron chi connectivity index (χ4n) is 5.94. The van der Waals surface area contributed by atoms with Crippen molar-refractivity contribution in [2.45, 2.75) is 51.0 Å². The molecule has 9 nitrogen and oxygen atoms in total. The SMILES string of the molecule is O=CCC1CCN(CC2CCN(c3ccc4c(c3)C(=O)N(C3CCC(=O)NC3=O)C4=O)CC2)CC1. The van der Waals surface area contributed by atoms with Crippen LogP contribution in [0, 0.1) is 11.8 Å². The number of benzene rings is 1. The number of imide groups is 2. The maximum atomic E-state index is 13.1. The van der Waals surface area contributed by atoms with Gasteiger partial charge in [-0.1, -0.05) is 0 Å². The van der Waals surface area contributed by atoms with Crippen LogP contribution in [0.3, 0.4) is 0 Å². The summed E-state index contributed by atoms with van der Waals surface area (Å²) < 4.78 is 0. The Morgan fingerprint density at radius 2 is 1.54 bits per heavy atom. The first-order chi connectivity index (χ1) is 16.9. The number of nitrogens with one attached hydrogen (secondary N) is 1. The summed E-state index contributed by atoms with van der Waals surface area (Å²) in [7, 11) is 0. The molecule has 4 amide bonds. The van der Waals surface area contributed by atoms with Crippen molar-refractivity contribution in [3.8, 4) is 0 Å². The lowest BCUT2D eigenvalue weighted by Crippen LogP contribution is -2.54. The molecule has 186 valence electrons. The molecule has 35 heavy (non-hydrogen) atoms. The van der Waals surface area contributed by atoms with Gasteiger partial charge in [0.2, 0.25) is 11.8 Å². The van der Waals surface area contributed by atoms with E-state index >= 15 is 0 Å². The molecule has 1 aromatic rings. The average Bonchev–Trinajstić information content (AvgIpc) is 3.10. The van der Waals surface area contributed by atoms with Gasteiger partial charge in [0.1, 0.15) is 12.3 Å². The largest absolute Gasteiger partial charge is 0.371 e. The van der Waals surface area contributed by atoms with Crippen molar-refractivity contribution in [1.29, 1.82) is 0 Å². The summed E-state index contributed by atoms with van der Waals surface area (Å²) in [4.78, 5) is 66.3. The number of piperidine rings is 3. The zero-order valence-electron chi connectivity index (χ0n) is 19.9. The van der Waals surface area contributed by atoms with Crippen LogP contribution in [-0.4, -0.2) is 78.5 Å². The molecular formula is C26H32N4O5. The van der Waals surface area contributed by atoms with Gasteiger partial charge in [0, 0.05) is 38.2 Å². The Bertz CT molecular complexity index is 1040. The molecule has 4 aliphatic rings. The number of aldehydes is 1. The van der Waals surface area contributed by atoms with Crippen LogP contribution in [0.4, 0.5) is 5.69 Å². The smallest absolute Gasteiger partial charge is 0.262 e. The molecule has 0 saturated carbocycles. The minimum atomic E-state index is -0.942. The number of carbonyl (C=O) groups excluding carboxylic acids is 5. The minimum absolute atomic E-state index is 0.112. The molecule has 0 aliphatic carbocycles. The molecule has 3 saturated heterocycles. The van der Waals surface area contributed by atoms with Crippen molar-refractivity contribution in [1.82, 2.24) is 15.1 Å². The van der Waals surface area contributed by atoms with Gasteiger partial charge in [-0.05, 0) is 75.2 Å². The lowest BCUT2D eigenvalue weighted by Gasteiger charge is -2.38. The highest BCUT2D eigenvalue weighted by atomic mass is 16.2. The number of rotatable bonds is 6. The summed E-state index contributed by atoms with van der Waals surface area (Å²) in [5.74, 6) is -0.724. The first kappa shape index (κ1) is 23.7. The zero-order chi connectivity index (χ0) is 24.5. The van der Waals surface area contributed by atoms with E-state index in [1.54, 1.807) is 12.1 Å². The van der Waals surface area contributed by atoms with Gasteiger partial charge in [-0.3, -0.25) is 29.4 Å². The number of amides is 4. The van der Waals surface area contributed by atoms with Crippen LogP contribution in [0.2, 0.25) is 0 Å². The van der Waals surface area contributed by atoms with E-state index < -0.39 is 23.8 Å². The third-order valence-electron chi connectivity index (χ3n) is 8.06.